The van der Waals surface area contributed by atoms with Gasteiger partial charge in [0.1, 0.15) is 0 Å². The summed E-state index contributed by atoms with van der Waals surface area (Å²) in [5.41, 5.74) is 5.26. The maximum atomic E-state index is 10.9. The lowest BCUT2D eigenvalue weighted by atomic mass is 9.79. The Morgan fingerprint density at radius 3 is 2.31 bits per heavy atom. The molecule has 2 heterocycles. The fourth-order valence-corrected chi connectivity index (χ4v) is 3.93. The summed E-state index contributed by atoms with van der Waals surface area (Å²) in [5, 5.41) is 26.6. The van der Waals surface area contributed by atoms with Crippen molar-refractivity contribution in [1.29, 1.82) is 5.41 Å². The maximum Gasteiger partial charge on any atom is 0.306 e. The Morgan fingerprint density at radius 1 is 1.23 bits per heavy atom. The number of rotatable bonds is 5. The van der Waals surface area contributed by atoms with E-state index in [2.05, 4.69) is 19.8 Å². The van der Waals surface area contributed by atoms with Crippen molar-refractivity contribution in [2.24, 2.45) is 5.73 Å². The molecule has 0 spiro atoms. The van der Waals surface area contributed by atoms with Crippen LogP contribution < -0.4 is 10.6 Å². The molecule has 3 rings (SSSR count). The van der Waals surface area contributed by atoms with Crippen LogP contribution in [0.3, 0.4) is 0 Å². The van der Waals surface area contributed by atoms with E-state index in [1.807, 2.05) is 0 Å². The molecule has 1 aromatic rings. The molecular weight excluding hydrogens is 336 g/mol. The minimum atomic E-state index is -1.04. The van der Waals surface area contributed by atoms with Crippen molar-refractivity contribution in [1.82, 2.24) is 14.9 Å². The van der Waals surface area contributed by atoms with Gasteiger partial charge < -0.3 is 20.8 Å². The number of carbonyl (C=O) groups is 1. The van der Waals surface area contributed by atoms with Crippen molar-refractivity contribution in [2.45, 2.75) is 43.7 Å². The molecular formula is C17H26N6O3. The number of nitrogen functional groups attached to an aromatic ring is 1. The summed E-state index contributed by atoms with van der Waals surface area (Å²) in [6.45, 7) is 3.55. The summed E-state index contributed by atoms with van der Waals surface area (Å²) >= 11 is 0. The number of carboxylic acid groups (broad SMARTS) is 1. The van der Waals surface area contributed by atoms with Gasteiger partial charge in [-0.15, -0.1) is 0 Å². The number of carboxylic acids is 1. The Morgan fingerprint density at radius 2 is 1.81 bits per heavy atom. The summed E-state index contributed by atoms with van der Waals surface area (Å²) in [4.78, 5) is 23.7. The zero-order valence-corrected chi connectivity index (χ0v) is 14.8. The number of piperazine rings is 1. The minimum absolute atomic E-state index is 0.137. The van der Waals surface area contributed by atoms with Gasteiger partial charge in [-0.2, -0.15) is 0 Å². The Balaban J connectivity index is 1.50. The number of nitrogens with two attached hydrogens (primary N) is 1. The smallest absolute Gasteiger partial charge is 0.306 e. The van der Waals surface area contributed by atoms with Gasteiger partial charge in [-0.3, -0.25) is 15.1 Å². The summed E-state index contributed by atoms with van der Waals surface area (Å²) in [7, 11) is 0. The van der Waals surface area contributed by atoms with Crippen LogP contribution in [0.15, 0.2) is 12.4 Å². The molecule has 1 saturated carbocycles. The highest BCUT2D eigenvalue weighted by atomic mass is 16.4. The van der Waals surface area contributed by atoms with Crippen molar-refractivity contribution >= 4 is 17.5 Å². The molecule has 2 aliphatic rings. The van der Waals surface area contributed by atoms with E-state index in [9.17, 15) is 9.90 Å². The standard InChI is InChI=1S/C17H26N6O3/c18-15(19)16-20-10-13(11-21-16)23-7-5-22(6-8-23)12-1-3-17(26,4-2-12)9-14(24)25/h10-12,26H,1-9H2,(H3,18,19)(H,24,25)/t12-,17+. The predicted molar refractivity (Wildman–Crippen MR) is 96.3 cm³/mol. The Bertz CT molecular complexity index is 649. The van der Waals surface area contributed by atoms with Gasteiger partial charge in [-0.25, -0.2) is 9.97 Å². The molecule has 1 aliphatic heterocycles. The van der Waals surface area contributed by atoms with Crippen LogP contribution in [0, 0.1) is 5.41 Å². The first-order valence-corrected chi connectivity index (χ1v) is 8.96. The second-order valence-electron chi connectivity index (χ2n) is 7.23. The van der Waals surface area contributed by atoms with Gasteiger partial charge >= 0.3 is 5.97 Å². The fraction of sp³-hybridized carbons (Fsp3) is 0.647. The van der Waals surface area contributed by atoms with Crippen molar-refractivity contribution in [2.75, 3.05) is 31.1 Å². The van der Waals surface area contributed by atoms with Crippen LogP contribution in [0.2, 0.25) is 0 Å². The first-order valence-electron chi connectivity index (χ1n) is 8.96. The molecule has 0 unspecified atom stereocenters. The van der Waals surface area contributed by atoms with Crippen LogP contribution in [0.1, 0.15) is 37.9 Å². The molecule has 26 heavy (non-hydrogen) atoms. The van der Waals surface area contributed by atoms with Crippen LogP contribution in [0.25, 0.3) is 0 Å². The molecule has 2 fully saturated rings. The van der Waals surface area contributed by atoms with E-state index in [1.165, 1.54) is 0 Å². The molecule has 0 amide bonds. The van der Waals surface area contributed by atoms with Gasteiger partial charge in [-0.1, -0.05) is 0 Å². The third-order valence-electron chi connectivity index (χ3n) is 5.44. The first-order chi connectivity index (χ1) is 12.4. The lowest BCUT2D eigenvalue weighted by Gasteiger charge is -2.44. The van der Waals surface area contributed by atoms with Crippen LogP contribution in [0.5, 0.6) is 0 Å². The van der Waals surface area contributed by atoms with Crippen LogP contribution in [-0.2, 0) is 4.79 Å². The van der Waals surface area contributed by atoms with Crippen LogP contribution >= 0.6 is 0 Å². The molecule has 1 aromatic heterocycles. The third kappa shape index (κ3) is 4.28. The highest BCUT2D eigenvalue weighted by Crippen LogP contribution is 2.33. The molecule has 9 nitrogen and oxygen atoms in total. The number of hydrogen-bond donors (Lipinski definition) is 4. The predicted octanol–water partition coefficient (Wildman–Crippen LogP) is 0.0311. The number of amidine groups is 1. The fourth-order valence-electron chi connectivity index (χ4n) is 3.93. The van der Waals surface area contributed by atoms with Crippen molar-refractivity contribution in [3.63, 3.8) is 0 Å². The Kier molecular flexibility index (Phi) is 5.38. The topological polar surface area (TPSA) is 140 Å². The third-order valence-corrected chi connectivity index (χ3v) is 5.44. The number of aliphatic carboxylic acids is 1. The van der Waals surface area contributed by atoms with E-state index in [-0.39, 0.29) is 18.1 Å². The molecule has 0 aromatic carbocycles. The summed E-state index contributed by atoms with van der Waals surface area (Å²) in [6, 6.07) is 0.405. The second kappa shape index (κ2) is 7.55. The highest BCUT2D eigenvalue weighted by Gasteiger charge is 2.37. The molecule has 142 valence electrons. The van der Waals surface area contributed by atoms with Gasteiger partial charge in [0.15, 0.2) is 11.7 Å². The highest BCUT2D eigenvalue weighted by molar-refractivity contribution is 5.91. The number of anilines is 1. The van der Waals surface area contributed by atoms with Gasteiger partial charge in [0.25, 0.3) is 0 Å². The van der Waals surface area contributed by atoms with Gasteiger partial charge in [0, 0.05) is 32.2 Å². The minimum Gasteiger partial charge on any atom is -0.481 e. The van der Waals surface area contributed by atoms with E-state index in [0.717, 1.165) is 44.7 Å². The van der Waals surface area contributed by atoms with Crippen molar-refractivity contribution < 1.29 is 15.0 Å². The number of nitrogens with one attached hydrogen (secondary N) is 1. The van der Waals surface area contributed by atoms with Gasteiger partial charge in [-0.05, 0) is 25.7 Å². The van der Waals surface area contributed by atoms with E-state index in [1.54, 1.807) is 12.4 Å². The van der Waals surface area contributed by atoms with E-state index in [4.69, 9.17) is 16.2 Å². The molecule has 0 bridgehead atoms. The number of hydrogen-bond acceptors (Lipinski definition) is 7. The lowest BCUT2D eigenvalue weighted by Crippen LogP contribution is -2.52. The van der Waals surface area contributed by atoms with E-state index >= 15 is 0 Å². The average molecular weight is 362 g/mol. The number of aliphatic hydroxyl groups is 1. The lowest BCUT2D eigenvalue weighted by molar-refractivity contribution is -0.144. The van der Waals surface area contributed by atoms with Crippen molar-refractivity contribution in [3.05, 3.63) is 18.2 Å². The Labute approximate surface area is 152 Å². The largest absolute Gasteiger partial charge is 0.481 e. The maximum absolute atomic E-state index is 10.9. The van der Waals surface area contributed by atoms with Gasteiger partial charge in [0.05, 0.1) is 30.1 Å². The summed E-state index contributed by atoms with van der Waals surface area (Å²) in [6.07, 6.45) is 6.00. The SMILES string of the molecule is N=C(N)c1ncc(N2CCN([C@H]3CC[C@](O)(CC(=O)O)CC3)CC2)cn1. The molecule has 9 heteroatoms. The number of aromatic nitrogens is 2. The second-order valence-corrected chi connectivity index (χ2v) is 7.23. The van der Waals surface area contributed by atoms with Crippen LogP contribution in [-0.4, -0.2) is 74.7 Å². The zero-order chi connectivity index (χ0) is 18.7. The molecule has 0 radical (unpaired) electrons. The molecule has 0 atom stereocenters. The van der Waals surface area contributed by atoms with E-state index < -0.39 is 11.6 Å². The summed E-state index contributed by atoms with van der Waals surface area (Å²) in [5.74, 6) is -0.831. The van der Waals surface area contributed by atoms with Crippen LogP contribution in [0.4, 0.5) is 5.69 Å². The van der Waals surface area contributed by atoms with Gasteiger partial charge in [0.2, 0.25) is 0 Å². The number of nitrogens with zero attached hydrogens (tertiary/aromatic N) is 4. The Hall–Kier alpha value is -2.26. The molecule has 1 aliphatic carbocycles. The molecule has 1 saturated heterocycles. The van der Waals surface area contributed by atoms with Crippen molar-refractivity contribution in [3.8, 4) is 0 Å². The monoisotopic (exact) mass is 362 g/mol. The quantitative estimate of drug-likeness (QED) is 0.425. The zero-order valence-electron chi connectivity index (χ0n) is 14.8. The summed E-state index contributed by atoms with van der Waals surface area (Å²) < 4.78 is 0. The average Bonchev–Trinajstić information content (AvgIpc) is 2.62. The normalized spacial score (nSPS) is 27.3. The molecule has 5 N–H and O–H groups in total. The first kappa shape index (κ1) is 18.5. The van der Waals surface area contributed by atoms with E-state index in [0.29, 0.717) is 18.9 Å².